The van der Waals surface area contributed by atoms with Crippen molar-refractivity contribution in [1.29, 1.82) is 0 Å². The van der Waals surface area contributed by atoms with Gasteiger partial charge in [0.05, 0.1) is 0 Å². The highest BCUT2D eigenvalue weighted by molar-refractivity contribution is 6.29. The number of pyridine rings is 1. The molecule has 0 atom stereocenters. The van der Waals surface area contributed by atoms with Gasteiger partial charge in [-0.15, -0.1) is 0 Å². The topological polar surface area (TPSA) is 16.1 Å². The standard InChI is InChI=1S/C11H17ClN2/c1-9(2)7-8-14(3)11-6-4-5-10(12)13-11/h4-6,9H,7-8H2,1-3H3. The molecule has 1 aromatic heterocycles. The number of hydrogen-bond donors (Lipinski definition) is 0. The maximum absolute atomic E-state index is 5.81. The van der Waals surface area contributed by atoms with Crippen LogP contribution in [0.5, 0.6) is 0 Å². The summed E-state index contributed by atoms with van der Waals surface area (Å²) in [6, 6.07) is 5.70. The summed E-state index contributed by atoms with van der Waals surface area (Å²) in [5.74, 6) is 1.66. The molecule has 1 aromatic rings. The first-order chi connectivity index (χ1) is 6.59. The van der Waals surface area contributed by atoms with Gasteiger partial charge >= 0.3 is 0 Å². The molecule has 0 saturated heterocycles. The predicted octanol–water partition coefficient (Wildman–Crippen LogP) is 3.22. The smallest absolute Gasteiger partial charge is 0.131 e. The molecule has 14 heavy (non-hydrogen) atoms. The van der Waals surface area contributed by atoms with Crippen LogP contribution in [0.1, 0.15) is 20.3 Å². The van der Waals surface area contributed by atoms with Gasteiger partial charge in [-0.25, -0.2) is 4.98 Å². The number of aromatic nitrogens is 1. The van der Waals surface area contributed by atoms with E-state index in [4.69, 9.17) is 11.6 Å². The second-order valence-corrected chi connectivity index (χ2v) is 4.31. The fourth-order valence-electron chi connectivity index (χ4n) is 1.18. The van der Waals surface area contributed by atoms with Gasteiger partial charge in [0.15, 0.2) is 0 Å². The quantitative estimate of drug-likeness (QED) is 0.713. The maximum atomic E-state index is 5.81. The summed E-state index contributed by atoms with van der Waals surface area (Å²) >= 11 is 5.81. The molecule has 0 radical (unpaired) electrons. The lowest BCUT2D eigenvalue weighted by Gasteiger charge is -2.19. The summed E-state index contributed by atoms with van der Waals surface area (Å²) in [6.45, 7) is 5.46. The second kappa shape index (κ2) is 5.20. The van der Waals surface area contributed by atoms with Crippen LogP contribution in [0.3, 0.4) is 0 Å². The molecule has 0 amide bonds. The Morgan fingerprint density at radius 3 is 2.71 bits per heavy atom. The summed E-state index contributed by atoms with van der Waals surface area (Å²) in [4.78, 5) is 6.37. The number of anilines is 1. The highest BCUT2D eigenvalue weighted by atomic mass is 35.5. The highest BCUT2D eigenvalue weighted by Gasteiger charge is 2.03. The third kappa shape index (κ3) is 3.54. The second-order valence-electron chi connectivity index (χ2n) is 3.92. The Bertz CT molecular complexity index is 286. The molecular weight excluding hydrogens is 196 g/mol. The molecule has 0 bridgehead atoms. The zero-order valence-electron chi connectivity index (χ0n) is 9.00. The number of rotatable bonds is 4. The average Bonchev–Trinajstić information content (AvgIpc) is 2.14. The lowest BCUT2D eigenvalue weighted by atomic mass is 10.1. The minimum absolute atomic E-state index is 0.555. The van der Waals surface area contributed by atoms with Gasteiger partial charge in [0.2, 0.25) is 0 Å². The fourth-order valence-corrected chi connectivity index (χ4v) is 1.34. The van der Waals surface area contributed by atoms with Crippen LogP contribution in [0, 0.1) is 5.92 Å². The van der Waals surface area contributed by atoms with E-state index < -0.39 is 0 Å². The molecule has 0 aliphatic rings. The van der Waals surface area contributed by atoms with Crippen molar-refractivity contribution in [2.24, 2.45) is 5.92 Å². The molecule has 78 valence electrons. The first-order valence-electron chi connectivity index (χ1n) is 4.93. The lowest BCUT2D eigenvalue weighted by Crippen LogP contribution is -2.20. The van der Waals surface area contributed by atoms with Gasteiger partial charge in [-0.05, 0) is 24.5 Å². The summed E-state index contributed by atoms with van der Waals surface area (Å²) in [5.41, 5.74) is 0. The van der Waals surface area contributed by atoms with Crippen LogP contribution in [-0.2, 0) is 0 Å². The SMILES string of the molecule is CC(C)CCN(C)c1cccc(Cl)n1. The van der Waals surface area contributed by atoms with Gasteiger partial charge in [-0.3, -0.25) is 0 Å². The van der Waals surface area contributed by atoms with Crippen LogP contribution >= 0.6 is 11.6 Å². The van der Waals surface area contributed by atoms with Gasteiger partial charge in [-0.2, -0.15) is 0 Å². The van der Waals surface area contributed by atoms with Gasteiger partial charge < -0.3 is 4.90 Å². The fraction of sp³-hybridized carbons (Fsp3) is 0.545. The zero-order valence-corrected chi connectivity index (χ0v) is 9.75. The van der Waals surface area contributed by atoms with E-state index in [2.05, 4.69) is 23.7 Å². The molecule has 0 aromatic carbocycles. The van der Waals surface area contributed by atoms with Crippen LogP contribution in [-0.4, -0.2) is 18.6 Å². The van der Waals surface area contributed by atoms with E-state index in [1.54, 1.807) is 6.07 Å². The van der Waals surface area contributed by atoms with Crippen LogP contribution in [0.15, 0.2) is 18.2 Å². The average molecular weight is 213 g/mol. The van der Waals surface area contributed by atoms with Crippen LogP contribution in [0.25, 0.3) is 0 Å². The largest absolute Gasteiger partial charge is 0.360 e. The number of hydrogen-bond acceptors (Lipinski definition) is 2. The van der Waals surface area contributed by atoms with Gasteiger partial charge in [-0.1, -0.05) is 31.5 Å². The molecule has 0 fully saturated rings. The Morgan fingerprint density at radius 1 is 1.43 bits per heavy atom. The van der Waals surface area contributed by atoms with Crippen molar-refractivity contribution >= 4 is 17.4 Å². The normalized spacial score (nSPS) is 10.6. The Balaban J connectivity index is 2.56. The van der Waals surface area contributed by atoms with Crippen LogP contribution < -0.4 is 4.90 Å². The Hall–Kier alpha value is -0.760. The molecular formula is C11H17ClN2. The molecule has 0 unspecified atom stereocenters. The van der Waals surface area contributed by atoms with Crippen molar-refractivity contribution in [2.45, 2.75) is 20.3 Å². The van der Waals surface area contributed by atoms with Crippen LogP contribution in [0.4, 0.5) is 5.82 Å². The predicted molar refractivity (Wildman–Crippen MR) is 62.0 cm³/mol. The van der Waals surface area contributed by atoms with E-state index in [1.165, 1.54) is 6.42 Å². The summed E-state index contributed by atoms with van der Waals surface area (Å²) in [6.07, 6.45) is 1.17. The maximum Gasteiger partial charge on any atom is 0.131 e. The molecule has 1 heterocycles. The summed E-state index contributed by atoms with van der Waals surface area (Å²) in [7, 11) is 2.04. The van der Waals surface area contributed by atoms with Crippen molar-refractivity contribution in [3.63, 3.8) is 0 Å². The van der Waals surface area contributed by atoms with E-state index in [0.717, 1.165) is 18.3 Å². The third-order valence-corrected chi connectivity index (χ3v) is 2.34. The van der Waals surface area contributed by atoms with E-state index in [1.807, 2.05) is 19.2 Å². The Morgan fingerprint density at radius 2 is 2.14 bits per heavy atom. The molecule has 1 rings (SSSR count). The van der Waals surface area contributed by atoms with Gasteiger partial charge in [0.1, 0.15) is 11.0 Å². The minimum atomic E-state index is 0.555. The van der Waals surface area contributed by atoms with Gasteiger partial charge in [0, 0.05) is 13.6 Å². The first-order valence-corrected chi connectivity index (χ1v) is 5.31. The third-order valence-electron chi connectivity index (χ3n) is 2.13. The number of nitrogens with zero attached hydrogens (tertiary/aromatic N) is 2. The number of halogens is 1. The van der Waals surface area contributed by atoms with Crippen molar-refractivity contribution in [3.8, 4) is 0 Å². The molecule has 2 nitrogen and oxygen atoms in total. The van der Waals surface area contributed by atoms with Crippen molar-refractivity contribution in [3.05, 3.63) is 23.4 Å². The molecule has 3 heteroatoms. The van der Waals surface area contributed by atoms with Crippen LogP contribution in [0.2, 0.25) is 5.15 Å². The molecule has 0 N–H and O–H groups in total. The van der Waals surface area contributed by atoms with Gasteiger partial charge in [0.25, 0.3) is 0 Å². The highest BCUT2D eigenvalue weighted by Crippen LogP contribution is 2.14. The Kier molecular flexibility index (Phi) is 4.21. The van der Waals surface area contributed by atoms with E-state index in [-0.39, 0.29) is 0 Å². The monoisotopic (exact) mass is 212 g/mol. The van der Waals surface area contributed by atoms with E-state index in [0.29, 0.717) is 5.15 Å². The Labute approximate surface area is 90.9 Å². The summed E-state index contributed by atoms with van der Waals surface area (Å²) in [5, 5.41) is 0.555. The van der Waals surface area contributed by atoms with E-state index >= 15 is 0 Å². The minimum Gasteiger partial charge on any atom is -0.360 e. The van der Waals surface area contributed by atoms with E-state index in [9.17, 15) is 0 Å². The van der Waals surface area contributed by atoms with Crippen molar-refractivity contribution in [2.75, 3.05) is 18.5 Å². The van der Waals surface area contributed by atoms with Crippen molar-refractivity contribution < 1.29 is 0 Å². The molecule has 0 saturated carbocycles. The molecule has 0 aliphatic heterocycles. The lowest BCUT2D eigenvalue weighted by molar-refractivity contribution is 0.583. The summed E-state index contributed by atoms with van der Waals surface area (Å²) < 4.78 is 0. The molecule has 0 spiro atoms. The molecule has 0 aliphatic carbocycles. The zero-order chi connectivity index (χ0) is 10.6. The first kappa shape index (κ1) is 11.3. The van der Waals surface area contributed by atoms with Crippen molar-refractivity contribution in [1.82, 2.24) is 4.98 Å².